The van der Waals surface area contributed by atoms with Gasteiger partial charge in [-0.1, -0.05) is 0 Å². The molecule has 2 amide bonds. The first kappa shape index (κ1) is 14.8. The molecule has 1 fully saturated rings. The average molecular weight is 279 g/mol. The molecule has 1 heterocycles. The number of carbonyl (C=O) groups excluding carboxylic acids is 1. The highest BCUT2D eigenvalue weighted by Gasteiger charge is 2.29. The van der Waals surface area contributed by atoms with Crippen molar-refractivity contribution >= 4 is 6.03 Å². The summed E-state index contributed by atoms with van der Waals surface area (Å²) in [7, 11) is 3.99. The van der Waals surface area contributed by atoms with Gasteiger partial charge < -0.3 is 10.6 Å². The van der Waals surface area contributed by atoms with E-state index in [0.717, 1.165) is 5.56 Å². The van der Waals surface area contributed by atoms with E-state index in [2.05, 4.69) is 34.6 Å². The molecule has 1 aromatic rings. The van der Waals surface area contributed by atoms with E-state index in [1.807, 2.05) is 20.2 Å². The summed E-state index contributed by atoms with van der Waals surface area (Å²) in [5.74, 6) is 0. The topological polar surface area (TPSA) is 62.2 Å². The van der Waals surface area contributed by atoms with Gasteiger partial charge in [0.2, 0.25) is 0 Å². The van der Waals surface area contributed by atoms with Crippen LogP contribution in [0.4, 0.5) is 4.79 Å². The van der Waals surface area contributed by atoms with Gasteiger partial charge in [-0.15, -0.1) is 0 Å². The number of urea groups is 1. The molecule has 0 bridgehead atoms. The molecule has 2 unspecified atom stereocenters. The van der Waals surface area contributed by atoms with Gasteiger partial charge in [-0.25, -0.2) is 4.79 Å². The maximum Gasteiger partial charge on any atom is 0.315 e. The number of nitrogens with one attached hydrogen (secondary N) is 2. The van der Waals surface area contributed by atoms with Gasteiger partial charge in [-0.05, 0) is 33.7 Å². The zero-order valence-corrected chi connectivity index (χ0v) is 12.8. The van der Waals surface area contributed by atoms with Crippen molar-refractivity contribution in [2.24, 2.45) is 7.05 Å². The Morgan fingerprint density at radius 1 is 1.55 bits per heavy atom. The Bertz CT molecular complexity index is 454. The number of rotatable bonds is 6. The first-order valence-corrected chi connectivity index (χ1v) is 7.22. The van der Waals surface area contributed by atoms with E-state index in [1.54, 1.807) is 10.9 Å². The van der Waals surface area contributed by atoms with Gasteiger partial charge in [-0.3, -0.25) is 9.58 Å². The van der Waals surface area contributed by atoms with E-state index >= 15 is 0 Å². The largest absolute Gasteiger partial charge is 0.337 e. The van der Waals surface area contributed by atoms with Crippen molar-refractivity contribution in [2.45, 2.75) is 44.8 Å². The van der Waals surface area contributed by atoms with Crippen LogP contribution in [0, 0.1) is 0 Å². The molecule has 2 atom stereocenters. The predicted molar refractivity (Wildman–Crippen MR) is 78.4 cm³/mol. The Balaban J connectivity index is 1.72. The Labute approximate surface area is 120 Å². The fourth-order valence-corrected chi connectivity index (χ4v) is 2.22. The van der Waals surface area contributed by atoms with Gasteiger partial charge in [0.15, 0.2) is 0 Å². The van der Waals surface area contributed by atoms with Crippen molar-refractivity contribution in [3.63, 3.8) is 0 Å². The van der Waals surface area contributed by atoms with E-state index in [-0.39, 0.29) is 12.1 Å². The third-order valence-electron chi connectivity index (χ3n) is 3.95. The van der Waals surface area contributed by atoms with Crippen LogP contribution in [0.25, 0.3) is 0 Å². The van der Waals surface area contributed by atoms with E-state index in [4.69, 9.17) is 0 Å². The quantitative estimate of drug-likeness (QED) is 0.824. The number of aryl methyl sites for hydroxylation is 1. The molecule has 0 aliphatic heterocycles. The molecular weight excluding hydrogens is 254 g/mol. The second kappa shape index (κ2) is 6.26. The molecule has 1 aliphatic carbocycles. The monoisotopic (exact) mass is 279 g/mol. The number of amides is 2. The minimum absolute atomic E-state index is 0.0415. The van der Waals surface area contributed by atoms with Crippen LogP contribution in [0.15, 0.2) is 12.4 Å². The first-order chi connectivity index (χ1) is 9.47. The minimum atomic E-state index is -0.127. The molecule has 0 aromatic carbocycles. The smallest absolute Gasteiger partial charge is 0.315 e. The molecular formula is C14H25N5O. The molecule has 1 aromatic heterocycles. The van der Waals surface area contributed by atoms with E-state index in [1.165, 1.54) is 12.8 Å². The summed E-state index contributed by atoms with van der Waals surface area (Å²) in [4.78, 5) is 14.2. The number of hydrogen-bond donors (Lipinski definition) is 2. The highest BCUT2D eigenvalue weighted by Crippen LogP contribution is 2.26. The fraction of sp³-hybridized carbons (Fsp3) is 0.714. The van der Waals surface area contributed by atoms with Gasteiger partial charge in [-0.2, -0.15) is 5.10 Å². The fourth-order valence-electron chi connectivity index (χ4n) is 2.22. The molecule has 20 heavy (non-hydrogen) atoms. The SMILES string of the molecule is CC(NC(=O)NCC(C)N(C)C1CC1)c1cnn(C)c1. The lowest BCUT2D eigenvalue weighted by Gasteiger charge is -2.25. The predicted octanol–water partition coefficient (Wildman–Crippen LogP) is 1.26. The van der Waals surface area contributed by atoms with Crippen LogP contribution in [0.1, 0.15) is 38.3 Å². The molecule has 1 aliphatic rings. The maximum absolute atomic E-state index is 11.9. The van der Waals surface area contributed by atoms with Crippen LogP contribution in [0.3, 0.4) is 0 Å². The van der Waals surface area contributed by atoms with Gasteiger partial charge in [0.25, 0.3) is 0 Å². The lowest BCUT2D eigenvalue weighted by Crippen LogP contribution is -2.45. The Morgan fingerprint density at radius 2 is 2.25 bits per heavy atom. The van der Waals surface area contributed by atoms with Crippen LogP contribution < -0.4 is 10.6 Å². The summed E-state index contributed by atoms with van der Waals surface area (Å²) in [6.07, 6.45) is 6.25. The molecule has 0 saturated heterocycles. The molecule has 6 heteroatoms. The lowest BCUT2D eigenvalue weighted by atomic mass is 10.2. The van der Waals surface area contributed by atoms with Gasteiger partial charge in [0.1, 0.15) is 0 Å². The number of aromatic nitrogens is 2. The van der Waals surface area contributed by atoms with Crippen LogP contribution in [-0.4, -0.2) is 46.4 Å². The van der Waals surface area contributed by atoms with Crippen molar-refractivity contribution in [3.8, 4) is 0 Å². The Kier molecular flexibility index (Phi) is 4.65. The number of hydrogen-bond acceptors (Lipinski definition) is 3. The summed E-state index contributed by atoms with van der Waals surface area (Å²) >= 11 is 0. The van der Waals surface area contributed by atoms with Crippen molar-refractivity contribution in [2.75, 3.05) is 13.6 Å². The first-order valence-electron chi connectivity index (χ1n) is 7.22. The van der Waals surface area contributed by atoms with Crippen LogP contribution in [-0.2, 0) is 7.05 Å². The number of nitrogens with zero attached hydrogens (tertiary/aromatic N) is 3. The standard InChI is InChI=1S/C14H25N5O/c1-10(19(4)13-5-6-13)7-15-14(20)17-11(2)12-8-16-18(3)9-12/h8-11,13H,5-7H2,1-4H3,(H2,15,17,20). The van der Waals surface area contributed by atoms with E-state index < -0.39 is 0 Å². The normalized spacial score (nSPS) is 17.9. The van der Waals surface area contributed by atoms with Crippen molar-refractivity contribution < 1.29 is 4.79 Å². The summed E-state index contributed by atoms with van der Waals surface area (Å²) < 4.78 is 1.73. The Hall–Kier alpha value is -1.56. The summed E-state index contributed by atoms with van der Waals surface area (Å²) in [5.41, 5.74) is 1.01. The minimum Gasteiger partial charge on any atom is -0.337 e. The average Bonchev–Trinajstić information content (AvgIpc) is 3.17. The summed E-state index contributed by atoms with van der Waals surface area (Å²) in [6, 6.07) is 0.906. The molecule has 1 saturated carbocycles. The molecule has 2 rings (SSSR count). The third kappa shape index (κ3) is 3.96. The molecule has 0 radical (unpaired) electrons. The van der Waals surface area contributed by atoms with Crippen LogP contribution in [0.5, 0.6) is 0 Å². The lowest BCUT2D eigenvalue weighted by molar-refractivity contribution is 0.220. The highest BCUT2D eigenvalue weighted by atomic mass is 16.2. The van der Waals surface area contributed by atoms with Gasteiger partial charge >= 0.3 is 6.03 Å². The van der Waals surface area contributed by atoms with Crippen LogP contribution in [0.2, 0.25) is 0 Å². The maximum atomic E-state index is 11.9. The second-order valence-electron chi connectivity index (χ2n) is 5.77. The molecule has 6 nitrogen and oxygen atoms in total. The van der Waals surface area contributed by atoms with Gasteiger partial charge in [0.05, 0.1) is 12.2 Å². The van der Waals surface area contributed by atoms with Crippen molar-refractivity contribution in [1.29, 1.82) is 0 Å². The van der Waals surface area contributed by atoms with E-state index in [0.29, 0.717) is 18.6 Å². The molecule has 112 valence electrons. The summed E-state index contributed by atoms with van der Waals surface area (Å²) in [5, 5.41) is 9.97. The zero-order chi connectivity index (χ0) is 14.7. The Morgan fingerprint density at radius 3 is 2.80 bits per heavy atom. The number of carbonyl (C=O) groups is 1. The zero-order valence-electron chi connectivity index (χ0n) is 12.8. The third-order valence-corrected chi connectivity index (χ3v) is 3.95. The van der Waals surface area contributed by atoms with Crippen LogP contribution >= 0.6 is 0 Å². The van der Waals surface area contributed by atoms with Gasteiger partial charge in [0, 0.05) is 37.4 Å². The summed E-state index contributed by atoms with van der Waals surface area (Å²) in [6.45, 7) is 4.76. The molecule has 2 N–H and O–H groups in total. The molecule has 0 spiro atoms. The number of likely N-dealkylation sites (N-methyl/N-ethyl adjacent to an activating group) is 1. The second-order valence-corrected chi connectivity index (χ2v) is 5.77. The van der Waals surface area contributed by atoms with E-state index in [9.17, 15) is 4.79 Å². The van der Waals surface area contributed by atoms with Crippen molar-refractivity contribution in [1.82, 2.24) is 25.3 Å². The highest BCUT2D eigenvalue weighted by molar-refractivity contribution is 5.74. The van der Waals surface area contributed by atoms with Crippen molar-refractivity contribution in [3.05, 3.63) is 18.0 Å².